The standard InChI is InChI=1S/C29H26N4O2/c34-27-14-12-24(20-6-2-1-3-7-20)29(35)33(27)17-19-5-4-8-21(15-19)22-9-13-26-25(16-22)28(31-18-30-26)32-23-10-11-23/h1-9,13,15-16,18,23-24H,10-12,14,17H2,(H,30,31,32). The molecule has 6 heteroatoms. The third-order valence-electron chi connectivity index (χ3n) is 6.87. The van der Waals surface area contributed by atoms with Gasteiger partial charge in [-0.3, -0.25) is 14.5 Å². The highest BCUT2D eigenvalue weighted by Gasteiger charge is 2.35. The monoisotopic (exact) mass is 462 g/mol. The minimum Gasteiger partial charge on any atom is -0.367 e. The number of benzene rings is 3. The fourth-order valence-electron chi connectivity index (χ4n) is 4.80. The van der Waals surface area contributed by atoms with Gasteiger partial charge >= 0.3 is 0 Å². The van der Waals surface area contributed by atoms with E-state index in [4.69, 9.17) is 0 Å². The van der Waals surface area contributed by atoms with Gasteiger partial charge in [0.2, 0.25) is 11.8 Å². The number of hydrogen-bond acceptors (Lipinski definition) is 5. The van der Waals surface area contributed by atoms with Crippen LogP contribution in [0.5, 0.6) is 0 Å². The van der Waals surface area contributed by atoms with Crippen LogP contribution in [-0.4, -0.2) is 32.7 Å². The Labute approximate surface area is 204 Å². The first-order chi connectivity index (χ1) is 17.2. The number of nitrogens with zero attached hydrogens (tertiary/aromatic N) is 3. The van der Waals surface area contributed by atoms with Crippen molar-refractivity contribution in [3.05, 3.63) is 90.3 Å². The van der Waals surface area contributed by atoms with E-state index in [1.165, 1.54) is 17.7 Å². The van der Waals surface area contributed by atoms with Gasteiger partial charge in [-0.2, -0.15) is 0 Å². The number of rotatable bonds is 6. The maximum absolute atomic E-state index is 13.3. The predicted molar refractivity (Wildman–Crippen MR) is 136 cm³/mol. The van der Waals surface area contributed by atoms with Crippen molar-refractivity contribution in [1.82, 2.24) is 14.9 Å². The van der Waals surface area contributed by atoms with E-state index in [1.807, 2.05) is 48.5 Å². The van der Waals surface area contributed by atoms with Crippen molar-refractivity contribution in [2.75, 3.05) is 5.32 Å². The highest BCUT2D eigenvalue weighted by Crippen LogP contribution is 2.32. The Bertz CT molecular complexity index is 1410. The van der Waals surface area contributed by atoms with Crippen molar-refractivity contribution >= 4 is 28.5 Å². The second-order valence-electron chi connectivity index (χ2n) is 9.39. The summed E-state index contributed by atoms with van der Waals surface area (Å²) in [6.07, 6.45) is 4.89. The molecular formula is C29H26N4O2. The van der Waals surface area contributed by atoms with E-state index in [9.17, 15) is 9.59 Å². The van der Waals surface area contributed by atoms with E-state index in [2.05, 4.69) is 39.6 Å². The number of imide groups is 1. The molecule has 2 aliphatic rings. The van der Waals surface area contributed by atoms with Crippen LogP contribution in [0.4, 0.5) is 5.82 Å². The molecular weight excluding hydrogens is 436 g/mol. The summed E-state index contributed by atoms with van der Waals surface area (Å²) in [4.78, 5) is 36.3. The third kappa shape index (κ3) is 4.39. The Morgan fingerprint density at radius 1 is 0.857 bits per heavy atom. The van der Waals surface area contributed by atoms with Crippen molar-refractivity contribution in [2.24, 2.45) is 0 Å². The first-order valence-corrected chi connectivity index (χ1v) is 12.2. The van der Waals surface area contributed by atoms with Gasteiger partial charge in [0.1, 0.15) is 12.1 Å². The number of carbonyl (C=O) groups is 2. The second kappa shape index (κ2) is 8.95. The zero-order valence-electron chi connectivity index (χ0n) is 19.4. The normalized spacial score (nSPS) is 18.2. The zero-order valence-corrected chi connectivity index (χ0v) is 19.4. The Morgan fingerprint density at radius 2 is 1.69 bits per heavy atom. The zero-order chi connectivity index (χ0) is 23.8. The molecule has 1 N–H and O–H groups in total. The van der Waals surface area contributed by atoms with Crippen molar-refractivity contribution < 1.29 is 9.59 Å². The van der Waals surface area contributed by atoms with Gasteiger partial charge in [0, 0.05) is 17.8 Å². The molecule has 174 valence electrons. The molecule has 2 amide bonds. The van der Waals surface area contributed by atoms with Crippen LogP contribution in [-0.2, 0) is 16.1 Å². The molecule has 1 atom stereocenters. The molecule has 2 heterocycles. The van der Waals surface area contributed by atoms with E-state index in [1.54, 1.807) is 6.33 Å². The lowest BCUT2D eigenvalue weighted by Gasteiger charge is -2.31. The average Bonchev–Trinajstić information content (AvgIpc) is 3.71. The quantitative estimate of drug-likeness (QED) is 0.393. The Morgan fingerprint density at radius 3 is 2.51 bits per heavy atom. The molecule has 1 saturated carbocycles. The number of nitrogens with one attached hydrogen (secondary N) is 1. The van der Waals surface area contributed by atoms with Crippen molar-refractivity contribution in [3.63, 3.8) is 0 Å². The molecule has 1 saturated heterocycles. The van der Waals surface area contributed by atoms with Crippen LogP contribution in [0.3, 0.4) is 0 Å². The van der Waals surface area contributed by atoms with Crippen LogP contribution in [0, 0.1) is 0 Å². The molecule has 4 aromatic rings. The van der Waals surface area contributed by atoms with Gasteiger partial charge in [0.15, 0.2) is 0 Å². The lowest BCUT2D eigenvalue weighted by molar-refractivity contribution is -0.150. The summed E-state index contributed by atoms with van der Waals surface area (Å²) in [7, 11) is 0. The fourth-order valence-corrected chi connectivity index (χ4v) is 4.80. The molecule has 0 radical (unpaired) electrons. The first kappa shape index (κ1) is 21.5. The van der Waals surface area contributed by atoms with Gasteiger partial charge in [0.05, 0.1) is 18.0 Å². The maximum Gasteiger partial charge on any atom is 0.237 e. The first-order valence-electron chi connectivity index (χ1n) is 12.2. The largest absolute Gasteiger partial charge is 0.367 e. The van der Waals surface area contributed by atoms with Gasteiger partial charge in [-0.25, -0.2) is 9.97 Å². The lowest BCUT2D eigenvalue weighted by Crippen LogP contribution is -2.43. The number of likely N-dealkylation sites (tertiary alicyclic amines) is 1. The summed E-state index contributed by atoms with van der Waals surface area (Å²) in [6.45, 7) is 0.278. The Hall–Kier alpha value is -4.06. The van der Waals surface area contributed by atoms with Crippen LogP contribution < -0.4 is 5.32 Å². The molecule has 0 bridgehead atoms. The van der Waals surface area contributed by atoms with Gasteiger partial charge < -0.3 is 5.32 Å². The number of aromatic nitrogens is 2. The highest BCUT2D eigenvalue weighted by molar-refractivity contribution is 6.01. The van der Waals surface area contributed by atoms with Crippen LogP contribution in [0.25, 0.3) is 22.0 Å². The molecule has 3 aromatic carbocycles. The van der Waals surface area contributed by atoms with E-state index in [-0.39, 0.29) is 24.3 Å². The van der Waals surface area contributed by atoms with Crippen LogP contribution in [0.1, 0.15) is 42.7 Å². The lowest BCUT2D eigenvalue weighted by atomic mass is 9.89. The van der Waals surface area contributed by atoms with Gasteiger partial charge in [-0.1, -0.05) is 54.6 Å². The van der Waals surface area contributed by atoms with Crippen LogP contribution >= 0.6 is 0 Å². The summed E-state index contributed by atoms with van der Waals surface area (Å²) >= 11 is 0. The Balaban J connectivity index is 1.27. The molecule has 1 aromatic heterocycles. The summed E-state index contributed by atoms with van der Waals surface area (Å²) < 4.78 is 0. The molecule has 1 aliphatic carbocycles. The summed E-state index contributed by atoms with van der Waals surface area (Å²) in [6, 6.07) is 24.5. The van der Waals surface area contributed by atoms with E-state index >= 15 is 0 Å². The van der Waals surface area contributed by atoms with Crippen LogP contribution in [0.2, 0.25) is 0 Å². The average molecular weight is 463 g/mol. The van der Waals surface area contributed by atoms with Gasteiger partial charge in [0.25, 0.3) is 0 Å². The van der Waals surface area contributed by atoms with Crippen molar-refractivity contribution in [3.8, 4) is 11.1 Å². The number of fused-ring (bicyclic) bond motifs is 1. The minimum atomic E-state index is -0.269. The molecule has 1 aliphatic heterocycles. The fraction of sp³-hybridized carbons (Fsp3) is 0.241. The molecule has 1 unspecified atom stereocenters. The maximum atomic E-state index is 13.3. The van der Waals surface area contributed by atoms with E-state index < -0.39 is 0 Å². The SMILES string of the molecule is O=C1CCC(c2ccccc2)C(=O)N1Cc1cccc(-c2ccc3ncnc(NC4CC4)c3c2)c1. The number of piperidine rings is 1. The topological polar surface area (TPSA) is 75.2 Å². The number of hydrogen-bond donors (Lipinski definition) is 1. The van der Waals surface area contributed by atoms with Crippen molar-refractivity contribution in [1.29, 1.82) is 0 Å². The second-order valence-corrected chi connectivity index (χ2v) is 9.39. The van der Waals surface area contributed by atoms with Crippen molar-refractivity contribution in [2.45, 2.75) is 44.2 Å². The summed E-state index contributed by atoms with van der Waals surface area (Å²) in [5, 5.41) is 4.49. The third-order valence-corrected chi connectivity index (χ3v) is 6.87. The molecule has 2 fully saturated rings. The highest BCUT2D eigenvalue weighted by atomic mass is 16.2. The smallest absolute Gasteiger partial charge is 0.237 e. The Kier molecular flexibility index (Phi) is 5.49. The number of carbonyl (C=O) groups excluding carboxylic acids is 2. The van der Waals surface area contributed by atoms with E-state index in [0.717, 1.165) is 39.0 Å². The number of amides is 2. The molecule has 0 spiro atoms. The molecule has 6 nitrogen and oxygen atoms in total. The van der Waals surface area contributed by atoms with Gasteiger partial charge in [-0.05, 0) is 59.7 Å². The minimum absolute atomic E-state index is 0.105. The van der Waals surface area contributed by atoms with Gasteiger partial charge in [-0.15, -0.1) is 0 Å². The summed E-state index contributed by atoms with van der Waals surface area (Å²) in [5.41, 5.74) is 4.88. The number of anilines is 1. The molecule has 35 heavy (non-hydrogen) atoms. The van der Waals surface area contributed by atoms with Crippen LogP contribution in [0.15, 0.2) is 79.1 Å². The predicted octanol–water partition coefficient (Wildman–Crippen LogP) is 5.30. The molecule has 6 rings (SSSR count). The van der Waals surface area contributed by atoms with E-state index in [0.29, 0.717) is 18.9 Å². The summed E-state index contributed by atoms with van der Waals surface area (Å²) in [5.74, 6) is 0.379.